The molecule has 0 aromatic carbocycles. The van der Waals surface area contributed by atoms with E-state index in [2.05, 4.69) is 30.6 Å². The minimum absolute atomic E-state index is 0.210. The molecule has 0 rings (SSSR count). The van der Waals surface area contributed by atoms with Gasteiger partial charge in [0, 0.05) is 6.42 Å². The third-order valence-corrected chi connectivity index (χ3v) is 3.12. The molecule has 0 aliphatic heterocycles. The number of carbonyl (C=O) groups is 3. The molecule has 0 aliphatic carbocycles. The van der Waals surface area contributed by atoms with Crippen molar-refractivity contribution in [1.29, 1.82) is 0 Å². The van der Waals surface area contributed by atoms with Crippen LogP contribution in [0.3, 0.4) is 0 Å². The van der Waals surface area contributed by atoms with Crippen molar-refractivity contribution in [2.75, 3.05) is 6.61 Å². The van der Waals surface area contributed by atoms with Crippen LogP contribution in [-0.4, -0.2) is 28.5 Å². The molecule has 104 valence electrons. The Morgan fingerprint density at radius 3 is 2.22 bits per heavy atom. The molecule has 1 atom stereocenters. The Morgan fingerprint density at radius 2 is 1.83 bits per heavy atom. The molecule has 0 spiro atoms. The van der Waals surface area contributed by atoms with Crippen molar-refractivity contribution < 1.29 is 19.1 Å². The van der Waals surface area contributed by atoms with E-state index in [1.807, 2.05) is 6.92 Å². The number of nitrogens with one attached hydrogen (secondary N) is 1. The standard InChI is InChI=1S/C11H19NO4S2/c1-3-5-6-16-10(15)12-11(4-2,9(14)18)7-8(13)17/h3-7H2,1-2H3,(H,12,15)(H,13,17)(H,14,18). The van der Waals surface area contributed by atoms with Gasteiger partial charge in [-0.15, -0.1) is 25.3 Å². The lowest BCUT2D eigenvalue weighted by atomic mass is 9.94. The Labute approximate surface area is 118 Å². The molecular formula is C11H19NO4S2. The van der Waals surface area contributed by atoms with Crippen LogP contribution in [0.15, 0.2) is 0 Å². The maximum absolute atomic E-state index is 11.5. The number of alkyl carbamates (subject to hydrolysis) is 1. The number of ether oxygens (including phenoxy) is 1. The average molecular weight is 293 g/mol. The maximum atomic E-state index is 11.5. The highest BCUT2D eigenvalue weighted by Gasteiger charge is 2.38. The smallest absolute Gasteiger partial charge is 0.407 e. The van der Waals surface area contributed by atoms with Gasteiger partial charge in [0.05, 0.1) is 6.61 Å². The molecule has 18 heavy (non-hydrogen) atoms. The van der Waals surface area contributed by atoms with Gasteiger partial charge in [0.1, 0.15) is 5.54 Å². The Bertz CT molecular complexity index is 322. The van der Waals surface area contributed by atoms with Crippen LogP contribution in [0.1, 0.15) is 39.5 Å². The van der Waals surface area contributed by atoms with E-state index in [0.717, 1.165) is 12.8 Å². The first-order valence-electron chi connectivity index (χ1n) is 5.78. The first-order valence-corrected chi connectivity index (χ1v) is 6.67. The first-order chi connectivity index (χ1) is 8.38. The van der Waals surface area contributed by atoms with Crippen molar-refractivity contribution in [3.63, 3.8) is 0 Å². The van der Waals surface area contributed by atoms with Crippen LogP contribution in [0.5, 0.6) is 0 Å². The van der Waals surface area contributed by atoms with Crippen molar-refractivity contribution in [2.45, 2.75) is 45.1 Å². The minimum Gasteiger partial charge on any atom is -0.450 e. The van der Waals surface area contributed by atoms with Crippen molar-refractivity contribution >= 4 is 41.6 Å². The van der Waals surface area contributed by atoms with Gasteiger partial charge in [-0.25, -0.2) is 4.79 Å². The molecule has 0 heterocycles. The predicted molar refractivity (Wildman–Crippen MR) is 75.0 cm³/mol. The molecule has 5 nitrogen and oxygen atoms in total. The number of thiol groups is 2. The SMILES string of the molecule is CCCCOC(=O)NC(CC)(CC(=O)S)C(=O)S. The Hall–Kier alpha value is -0.690. The van der Waals surface area contributed by atoms with E-state index in [9.17, 15) is 14.4 Å². The van der Waals surface area contributed by atoms with Gasteiger partial charge in [-0.1, -0.05) is 20.3 Å². The summed E-state index contributed by atoms with van der Waals surface area (Å²) in [6.07, 6.45) is 0.949. The number of unbranched alkanes of at least 4 members (excludes halogenated alkanes) is 1. The topological polar surface area (TPSA) is 72.5 Å². The zero-order valence-corrected chi connectivity index (χ0v) is 12.4. The van der Waals surface area contributed by atoms with E-state index in [0.29, 0.717) is 0 Å². The molecule has 0 saturated carbocycles. The summed E-state index contributed by atoms with van der Waals surface area (Å²) in [5, 5.41) is 1.34. The summed E-state index contributed by atoms with van der Waals surface area (Å²) in [7, 11) is 0. The third-order valence-electron chi connectivity index (χ3n) is 2.54. The number of rotatable bonds is 8. The molecule has 0 fully saturated rings. The summed E-state index contributed by atoms with van der Waals surface area (Å²) < 4.78 is 4.90. The lowest BCUT2D eigenvalue weighted by molar-refractivity contribution is -0.121. The highest BCUT2D eigenvalue weighted by atomic mass is 32.1. The fraction of sp³-hybridized carbons (Fsp3) is 0.727. The maximum Gasteiger partial charge on any atom is 0.407 e. The van der Waals surface area contributed by atoms with Gasteiger partial charge in [0.2, 0.25) is 5.12 Å². The number of carbonyl (C=O) groups excluding carboxylic acids is 3. The van der Waals surface area contributed by atoms with E-state index < -0.39 is 21.9 Å². The van der Waals surface area contributed by atoms with Crippen molar-refractivity contribution in [3.8, 4) is 0 Å². The quantitative estimate of drug-likeness (QED) is 0.472. The van der Waals surface area contributed by atoms with E-state index in [4.69, 9.17) is 4.74 Å². The van der Waals surface area contributed by atoms with Crippen LogP contribution in [-0.2, 0) is 14.3 Å². The van der Waals surface area contributed by atoms with Crippen LogP contribution >= 0.6 is 25.3 Å². The monoisotopic (exact) mass is 293 g/mol. The van der Waals surface area contributed by atoms with Gasteiger partial charge in [-0.2, -0.15) is 0 Å². The molecule has 0 aromatic heterocycles. The van der Waals surface area contributed by atoms with E-state index in [1.165, 1.54) is 0 Å². The molecule has 1 unspecified atom stereocenters. The second-order valence-corrected chi connectivity index (χ2v) is 4.83. The number of hydrogen-bond donors (Lipinski definition) is 3. The average Bonchev–Trinajstić information content (AvgIpc) is 2.27. The molecule has 1 N–H and O–H groups in total. The van der Waals surface area contributed by atoms with E-state index in [-0.39, 0.29) is 19.4 Å². The van der Waals surface area contributed by atoms with Crippen LogP contribution in [0.4, 0.5) is 4.79 Å². The summed E-state index contributed by atoms with van der Waals surface area (Å²) in [6.45, 7) is 3.92. The third kappa shape index (κ3) is 5.77. The van der Waals surface area contributed by atoms with Gasteiger partial charge in [0.15, 0.2) is 5.12 Å². The molecule has 0 bridgehead atoms. The summed E-state index contributed by atoms with van der Waals surface area (Å²) >= 11 is 7.35. The first kappa shape index (κ1) is 17.3. The fourth-order valence-corrected chi connectivity index (χ4v) is 1.90. The highest BCUT2D eigenvalue weighted by Crippen LogP contribution is 2.20. The molecule has 0 radical (unpaired) electrons. The van der Waals surface area contributed by atoms with Crippen LogP contribution in [0, 0.1) is 0 Å². The zero-order valence-electron chi connectivity index (χ0n) is 10.6. The molecule has 1 amide bonds. The van der Waals surface area contributed by atoms with Gasteiger partial charge in [-0.3, -0.25) is 9.59 Å². The fourth-order valence-electron chi connectivity index (χ4n) is 1.34. The number of hydrogen-bond acceptors (Lipinski definition) is 4. The molecule has 7 heteroatoms. The van der Waals surface area contributed by atoms with Crippen molar-refractivity contribution in [3.05, 3.63) is 0 Å². The van der Waals surface area contributed by atoms with Crippen LogP contribution < -0.4 is 5.32 Å². The van der Waals surface area contributed by atoms with Crippen LogP contribution in [0.25, 0.3) is 0 Å². The lowest BCUT2D eigenvalue weighted by Crippen LogP contribution is -2.53. The van der Waals surface area contributed by atoms with Gasteiger partial charge >= 0.3 is 6.09 Å². The van der Waals surface area contributed by atoms with Crippen molar-refractivity contribution in [2.24, 2.45) is 0 Å². The van der Waals surface area contributed by atoms with Gasteiger partial charge in [0.25, 0.3) is 0 Å². The van der Waals surface area contributed by atoms with Crippen molar-refractivity contribution in [1.82, 2.24) is 5.32 Å². The Kier molecular flexibility index (Phi) is 8.10. The molecule has 0 saturated heterocycles. The van der Waals surface area contributed by atoms with Crippen LogP contribution in [0.2, 0.25) is 0 Å². The highest BCUT2D eigenvalue weighted by molar-refractivity contribution is 7.97. The largest absolute Gasteiger partial charge is 0.450 e. The van der Waals surface area contributed by atoms with E-state index >= 15 is 0 Å². The predicted octanol–water partition coefficient (Wildman–Crippen LogP) is 1.96. The van der Waals surface area contributed by atoms with E-state index in [1.54, 1.807) is 6.92 Å². The second-order valence-electron chi connectivity index (χ2n) is 3.93. The summed E-state index contributed by atoms with van der Waals surface area (Å²) in [5.74, 6) is 0. The summed E-state index contributed by atoms with van der Waals surface area (Å²) in [4.78, 5) is 34.1. The van der Waals surface area contributed by atoms with Gasteiger partial charge in [-0.05, 0) is 12.8 Å². The zero-order chi connectivity index (χ0) is 14.2. The lowest BCUT2D eigenvalue weighted by Gasteiger charge is -2.28. The molecule has 0 aliphatic rings. The summed E-state index contributed by atoms with van der Waals surface area (Å²) in [5.41, 5.74) is -1.34. The second kappa shape index (κ2) is 8.42. The number of amides is 1. The van der Waals surface area contributed by atoms with Gasteiger partial charge < -0.3 is 10.1 Å². The molecule has 0 aromatic rings. The Balaban J connectivity index is 4.62. The molecular weight excluding hydrogens is 274 g/mol. The Morgan fingerprint density at radius 1 is 1.22 bits per heavy atom. The summed E-state index contributed by atoms with van der Waals surface area (Å²) in [6, 6.07) is 0. The normalized spacial score (nSPS) is 13.6. The minimum atomic E-state index is -1.34.